The molecule has 0 spiro atoms. The minimum Gasteiger partial charge on any atom is -0.452 e. The summed E-state index contributed by atoms with van der Waals surface area (Å²) in [6, 6.07) is 56.8. The van der Waals surface area contributed by atoms with Crippen LogP contribution in [0.2, 0.25) is 25.7 Å². The maximum absolute atomic E-state index is 14.3. The highest BCUT2D eigenvalue weighted by atomic mass is 28.3. The van der Waals surface area contributed by atoms with Crippen molar-refractivity contribution in [2.45, 2.75) is 114 Å². The fourth-order valence-electron chi connectivity index (χ4n) is 8.61. The lowest BCUT2D eigenvalue weighted by Gasteiger charge is -2.49. The van der Waals surface area contributed by atoms with Gasteiger partial charge in [-0.2, -0.15) is 0 Å². The van der Waals surface area contributed by atoms with Crippen molar-refractivity contribution in [3.8, 4) is 0 Å². The molecule has 8 rings (SSSR count). The van der Waals surface area contributed by atoms with Gasteiger partial charge in [0.1, 0.15) is 36.6 Å². The molecule has 14 heteroatoms. The Morgan fingerprint density at radius 3 is 1.33 bits per heavy atom. The van der Waals surface area contributed by atoms with Crippen molar-refractivity contribution < 1.29 is 62.1 Å². The van der Waals surface area contributed by atoms with Crippen LogP contribution in [0, 0.1) is 0 Å². The van der Waals surface area contributed by atoms with Crippen LogP contribution in [0.15, 0.2) is 182 Å². The van der Waals surface area contributed by atoms with Gasteiger partial charge < -0.3 is 52.5 Å². The molecule has 2 aliphatic heterocycles. The van der Waals surface area contributed by atoms with Crippen molar-refractivity contribution in [1.29, 1.82) is 0 Å². The van der Waals surface area contributed by atoms with Crippen molar-refractivity contribution in [1.82, 2.24) is 0 Å². The van der Waals surface area contributed by atoms with Crippen molar-refractivity contribution in [2.75, 3.05) is 19.8 Å². The van der Waals surface area contributed by atoms with E-state index in [2.05, 4.69) is 19.6 Å². The van der Waals surface area contributed by atoms with Crippen LogP contribution in [-0.4, -0.2) is 106 Å². The first kappa shape index (κ1) is 53.4. The molecule has 1 N–H and O–H groups in total. The van der Waals surface area contributed by atoms with Gasteiger partial charge in [0.05, 0.1) is 50.8 Å². The first-order valence-electron chi connectivity index (χ1n) is 24.9. The Labute approximate surface area is 429 Å². The first-order valence-corrected chi connectivity index (χ1v) is 28.6. The number of hydrogen-bond donors (Lipinski definition) is 1. The SMILES string of the molecule is C[Si](C)(C)CCO[C@@H]1O[C@H](CO)[C@H](O[C@H]2O[C@H](COCc3ccccc3)[C@H](OCc3ccccc3)[C@H](OCc3ccccc3)[C@H]2OCc2ccccc2)[C@H](OC(=O)c2ccccc2)[C@H]1OC(=O)c1ccccc1. The van der Waals surface area contributed by atoms with Gasteiger partial charge in [-0.05, 0) is 52.6 Å². The molecule has 2 saturated heterocycles. The van der Waals surface area contributed by atoms with Gasteiger partial charge >= 0.3 is 11.9 Å². The molecule has 10 atom stereocenters. The Balaban J connectivity index is 1.21. The second-order valence-electron chi connectivity index (χ2n) is 19.3. The molecular weight excluding hydrogens is 945 g/mol. The lowest BCUT2D eigenvalue weighted by molar-refractivity contribution is -0.369. The summed E-state index contributed by atoms with van der Waals surface area (Å²) in [5, 5.41) is 11.3. The topological polar surface area (TPSA) is 147 Å². The summed E-state index contributed by atoms with van der Waals surface area (Å²) < 4.78 is 67.3. The Morgan fingerprint density at radius 2 is 0.863 bits per heavy atom. The van der Waals surface area contributed by atoms with Gasteiger partial charge in [-0.25, -0.2) is 9.59 Å². The molecule has 384 valence electrons. The summed E-state index contributed by atoms with van der Waals surface area (Å²) in [4.78, 5) is 28.5. The summed E-state index contributed by atoms with van der Waals surface area (Å²) in [7, 11) is -1.66. The molecular formula is C59H66O13Si. The second kappa shape index (κ2) is 26.9. The van der Waals surface area contributed by atoms with Gasteiger partial charge in [-0.3, -0.25) is 0 Å². The quantitative estimate of drug-likeness (QED) is 0.0454. The van der Waals surface area contributed by atoms with E-state index >= 15 is 0 Å². The van der Waals surface area contributed by atoms with Crippen LogP contribution in [0.5, 0.6) is 0 Å². The molecule has 0 saturated carbocycles. The van der Waals surface area contributed by atoms with E-state index in [1.807, 2.05) is 121 Å². The number of carbonyl (C=O) groups excluding carboxylic acids is 2. The maximum Gasteiger partial charge on any atom is 0.338 e. The van der Waals surface area contributed by atoms with E-state index in [1.54, 1.807) is 60.7 Å². The van der Waals surface area contributed by atoms with Crippen molar-refractivity contribution in [3.63, 3.8) is 0 Å². The number of benzene rings is 6. The van der Waals surface area contributed by atoms with Crippen LogP contribution >= 0.6 is 0 Å². The molecule has 0 aliphatic carbocycles. The molecule has 0 amide bonds. The highest BCUT2D eigenvalue weighted by molar-refractivity contribution is 6.76. The van der Waals surface area contributed by atoms with E-state index in [1.165, 1.54) is 0 Å². The average molecular weight is 1010 g/mol. The minimum atomic E-state index is -1.66. The smallest absolute Gasteiger partial charge is 0.338 e. The molecule has 0 radical (unpaired) electrons. The van der Waals surface area contributed by atoms with Crippen molar-refractivity contribution in [3.05, 3.63) is 215 Å². The molecule has 0 bridgehead atoms. The monoisotopic (exact) mass is 1010 g/mol. The third-order valence-electron chi connectivity index (χ3n) is 12.5. The third kappa shape index (κ3) is 15.6. The molecule has 0 aromatic heterocycles. The molecule has 73 heavy (non-hydrogen) atoms. The van der Waals surface area contributed by atoms with Crippen LogP contribution in [0.4, 0.5) is 0 Å². The molecule has 6 aromatic rings. The third-order valence-corrected chi connectivity index (χ3v) is 14.2. The Morgan fingerprint density at radius 1 is 0.452 bits per heavy atom. The van der Waals surface area contributed by atoms with Crippen LogP contribution in [0.3, 0.4) is 0 Å². The normalized spacial score (nSPS) is 24.1. The fraction of sp³-hybridized carbons (Fsp3) is 0.356. The van der Waals surface area contributed by atoms with E-state index in [0.29, 0.717) is 0 Å². The van der Waals surface area contributed by atoms with Crippen molar-refractivity contribution in [2.24, 2.45) is 0 Å². The average Bonchev–Trinajstić information content (AvgIpc) is 3.42. The van der Waals surface area contributed by atoms with Gasteiger partial charge in [0, 0.05) is 14.7 Å². The van der Waals surface area contributed by atoms with Crippen LogP contribution in [0.25, 0.3) is 0 Å². The number of carbonyl (C=O) groups is 2. The Kier molecular flexibility index (Phi) is 19.7. The molecule has 2 aliphatic rings. The number of rotatable bonds is 24. The lowest BCUT2D eigenvalue weighted by atomic mass is 9.95. The minimum absolute atomic E-state index is 0.0339. The van der Waals surface area contributed by atoms with Crippen LogP contribution < -0.4 is 0 Å². The predicted octanol–water partition coefficient (Wildman–Crippen LogP) is 9.59. The van der Waals surface area contributed by atoms with Gasteiger partial charge in [0.15, 0.2) is 24.8 Å². The molecule has 2 heterocycles. The van der Waals surface area contributed by atoms with Crippen LogP contribution in [0.1, 0.15) is 43.0 Å². The Hall–Kier alpha value is -5.88. The standard InChI is InChI=1S/C59H66O13Si/c1-73(2,3)35-34-64-58-55(71-57(62)47-32-20-9-21-33-47)53(70-56(61)46-30-18-8-19-31-46)51(48(36-60)68-58)72-59-54(67-40-45-28-16-7-17-29-45)52(66-39-44-26-14-6-15-27-44)50(65-38-43-24-12-5-13-25-43)49(69-59)41-63-37-42-22-10-4-11-23-42/h4-33,48-55,58-60H,34-41H2,1-3H3/t48-,49-,50+,51+,52+,53+,54-,55-,58-,59-/m1/s1. The van der Waals surface area contributed by atoms with E-state index < -0.39 is 88.0 Å². The van der Waals surface area contributed by atoms with Gasteiger partial charge in [-0.15, -0.1) is 0 Å². The predicted molar refractivity (Wildman–Crippen MR) is 276 cm³/mol. The summed E-state index contributed by atoms with van der Waals surface area (Å²) in [6.07, 6.45) is -11.6. The first-order chi connectivity index (χ1) is 35.6. The highest BCUT2D eigenvalue weighted by Gasteiger charge is 2.56. The highest BCUT2D eigenvalue weighted by Crippen LogP contribution is 2.37. The van der Waals surface area contributed by atoms with Crippen molar-refractivity contribution >= 4 is 20.0 Å². The van der Waals surface area contributed by atoms with Gasteiger partial charge in [0.2, 0.25) is 0 Å². The summed E-state index contributed by atoms with van der Waals surface area (Å²) in [5.41, 5.74) is 4.15. The van der Waals surface area contributed by atoms with E-state index in [-0.39, 0.29) is 50.8 Å². The molecule has 2 fully saturated rings. The number of esters is 2. The van der Waals surface area contributed by atoms with E-state index in [0.717, 1.165) is 28.3 Å². The van der Waals surface area contributed by atoms with Gasteiger partial charge in [-0.1, -0.05) is 177 Å². The number of aliphatic hydroxyl groups is 1. The second-order valence-corrected chi connectivity index (χ2v) is 24.9. The number of hydrogen-bond acceptors (Lipinski definition) is 13. The summed E-state index contributed by atoms with van der Waals surface area (Å²) in [6.45, 7) is 7.07. The largest absolute Gasteiger partial charge is 0.452 e. The zero-order valence-electron chi connectivity index (χ0n) is 41.6. The fourth-order valence-corrected chi connectivity index (χ4v) is 9.34. The van der Waals surface area contributed by atoms with Gasteiger partial charge in [0.25, 0.3) is 0 Å². The van der Waals surface area contributed by atoms with E-state index in [4.69, 9.17) is 47.4 Å². The summed E-state index contributed by atoms with van der Waals surface area (Å²) >= 11 is 0. The summed E-state index contributed by atoms with van der Waals surface area (Å²) in [5.74, 6) is -1.44. The molecule has 6 aromatic carbocycles. The lowest BCUT2D eigenvalue weighted by Crippen LogP contribution is -2.66. The number of aliphatic hydroxyl groups excluding tert-OH is 1. The number of ether oxygens (including phenoxy) is 10. The Bertz CT molecular complexity index is 2540. The molecule has 13 nitrogen and oxygen atoms in total. The zero-order valence-corrected chi connectivity index (χ0v) is 42.6. The van der Waals surface area contributed by atoms with Crippen LogP contribution in [-0.2, 0) is 73.8 Å². The maximum atomic E-state index is 14.3. The van der Waals surface area contributed by atoms with E-state index in [9.17, 15) is 14.7 Å². The zero-order chi connectivity index (χ0) is 50.8. The molecule has 0 unspecified atom stereocenters.